The Bertz CT molecular complexity index is 1250. The zero-order valence-electron chi connectivity index (χ0n) is 18.2. The maximum Gasteiger partial charge on any atom is 0.228 e. The molecular weight excluding hydrogens is 406 g/mol. The van der Waals surface area contributed by atoms with Gasteiger partial charge in [0.2, 0.25) is 5.91 Å². The standard InChI is InChI=1S/C24H25N5O3/c1-17-25-16-22(32-17)20-7-6-18(13-21(20)31-2)27-9-11-28(12-10-27)24(30)14-19-15-26-23-5-3-4-8-29(19)23/h3-8,13,15-16H,9-12,14H2,1-2H3. The molecule has 4 heterocycles. The van der Waals surface area contributed by atoms with Gasteiger partial charge >= 0.3 is 0 Å². The van der Waals surface area contributed by atoms with Crippen molar-refractivity contribution in [2.45, 2.75) is 13.3 Å². The highest BCUT2D eigenvalue weighted by atomic mass is 16.5. The van der Waals surface area contributed by atoms with Gasteiger partial charge in [0.25, 0.3) is 0 Å². The molecule has 3 aromatic heterocycles. The van der Waals surface area contributed by atoms with Gasteiger partial charge in [0, 0.05) is 57.3 Å². The molecule has 1 fully saturated rings. The summed E-state index contributed by atoms with van der Waals surface area (Å²) in [6.45, 7) is 4.72. The second-order valence-electron chi connectivity index (χ2n) is 7.85. The minimum Gasteiger partial charge on any atom is -0.496 e. The maximum absolute atomic E-state index is 12.9. The number of rotatable bonds is 5. The van der Waals surface area contributed by atoms with E-state index in [1.807, 2.05) is 52.8 Å². The summed E-state index contributed by atoms with van der Waals surface area (Å²) in [5.74, 6) is 2.18. The van der Waals surface area contributed by atoms with Crippen molar-refractivity contribution in [3.63, 3.8) is 0 Å². The largest absolute Gasteiger partial charge is 0.496 e. The third kappa shape index (κ3) is 3.79. The van der Waals surface area contributed by atoms with Crippen LogP contribution < -0.4 is 9.64 Å². The fourth-order valence-electron chi connectivity index (χ4n) is 4.16. The average molecular weight is 431 g/mol. The number of carbonyl (C=O) groups is 1. The van der Waals surface area contributed by atoms with E-state index in [-0.39, 0.29) is 5.91 Å². The number of ether oxygens (including phenoxy) is 1. The second kappa shape index (κ2) is 8.37. The number of benzene rings is 1. The Balaban J connectivity index is 1.25. The van der Waals surface area contributed by atoms with Crippen molar-refractivity contribution >= 4 is 17.2 Å². The number of hydrogen-bond donors (Lipinski definition) is 0. The molecule has 5 rings (SSSR count). The van der Waals surface area contributed by atoms with Crippen LogP contribution in [-0.4, -0.2) is 58.5 Å². The molecule has 1 aromatic carbocycles. The van der Waals surface area contributed by atoms with Crippen LogP contribution in [0.1, 0.15) is 11.6 Å². The summed E-state index contributed by atoms with van der Waals surface area (Å²) < 4.78 is 13.2. The molecule has 0 atom stereocenters. The number of hydrogen-bond acceptors (Lipinski definition) is 6. The van der Waals surface area contributed by atoms with Gasteiger partial charge in [0.15, 0.2) is 11.7 Å². The normalized spacial score (nSPS) is 14.2. The highest BCUT2D eigenvalue weighted by Crippen LogP contribution is 2.34. The fraction of sp³-hybridized carbons (Fsp3) is 0.292. The lowest BCUT2D eigenvalue weighted by molar-refractivity contribution is -0.130. The van der Waals surface area contributed by atoms with Crippen LogP contribution in [0, 0.1) is 6.92 Å². The Kier molecular flexibility index (Phi) is 5.26. The summed E-state index contributed by atoms with van der Waals surface area (Å²) in [6.07, 6.45) is 5.79. The maximum atomic E-state index is 12.9. The molecular formula is C24H25N5O3. The van der Waals surface area contributed by atoms with Gasteiger partial charge in [-0.05, 0) is 24.3 Å². The third-order valence-electron chi connectivity index (χ3n) is 5.90. The molecule has 1 aliphatic rings. The topological polar surface area (TPSA) is 76.1 Å². The smallest absolute Gasteiger partial charge is 0.228 e. The first-order valence-electron chi connectivity index (χ1n) is 10.7. The van der Waals surface area contributed by atoms with Gasteiger partial charge in [0.05, 0.1) is 31.0 Å². The van der Waals surface area contributed by atoms with E-state index in [2.05, 4.69) is 20.9 Å². The number of oxazole rings is 1. The Morgan fingerprint density at radius 3 is 2.69 bits per heavy atom. The number of aryl methyl sites for hydroxylation is 1. The summed E-state index contributed by atoms with van der Waals surface area (Å²) >= 11 is 0. The number of nitrogens with zero attached hydrogens (tertiary/aromatic N) is 5. The Morgan fingerprint density at radius 2 is 1.94 bits per heavy atom. The molecule has 0 bridgehead atoms. The van der Waals surface area contributed by atoms with E-state index in [0.29, 0.717) is 31.2 Å². The second-order valence-corrected chi connectivity index (χ2v) is 7.85. The molecule has 0 spiro atoms. The lowest BCUT2D eigenvalue weighted by Gasteiger charge is -2.36. The van der Waals surface area contributed by atoms with Crippen LogP contribution in [0.15, 0.2) is 59.4 Å². The molecule has 1 amide bonds. The van der Waals surface area contributed by atoms with Crippen LogP contribution in [0.5, 0.6) is 5.75 Å². The van der Waals surface area contributed by atoms with Gasteiger partial charge in [-0.3, -0.25) is 4.79 Å². The van der Waals surface area contributed by atoms with Crippen molar-refractivity contribution < 1.29 is 13.9 Å². The number of fused-ring (bicyclic) bond motifs is 1. The predicted molar refractivity (Wildman–Crippen MR) is 121 cm³/mol. The molecule has 1 saturated heterocycles. The van der Waals surface area contributed by atoms with Crippen LogP contribution in [-0.2, 0) is 11.2 Å². The molecule has 164 valence electrons. The van der Waals surface area contributed by atoms with Gasteiger partial charge in [0.1, 0.15) is 11.4 Å². The van der Waals surface area contributed by atoms with Crippen molar-refractivity contribution in [3.05, 3.63) is 66.6 Å². The molecule has 8 heteroatoms. The molecule has 0 radical (unpaired) electrons. The van der Waals surface area contributed by atoms with Gasteiger partial charge in [-0.2, -0.15) is 0 Å². The van der Waals surface area contributed by atoms with E-state index in [4.69, 9.17) is 9.15 Å². The predicted octanol–water partition coefficient (Wildman–Crippen LogP) is 3.20. The van der Waals surface area contributed by atoms with E-state index < -0.39 is 0 Å². The lowest BCUT2D eigenvalue weighted by Crippen LogP contribution is -2.49. The first-order chi connectivity index (χ1) is 15.6. The van der Waals surface area contributed by atoms with Gasteiger partial charge in [-0.15, -0.1) is 0 Å². The number of methoxy groups -OCH3 is 1. The lowest BCUT2D eigenvalue weighted by atomic mass is 10.1. The molecule has 0 saturated carbocycles. The number of imidazole rings is 1. The Hall–Kier alpha value is -3.81. The summed E-state index contributed by atoms with van der Waals surface area (Å²) in [5.41, 5.74) is 3.71. The minimum atomic E-state index is 0.129. The minimum absolute atomic E-state index is 0.129. The summed E-state index contributed by atoms with van der Waals surface area (Å²) in [7, 11) is 1.66. The third-order valence-corrected chi connectivity index (χ3v) is 5.90. The van der Waals surface area contributed by atoms with Gasteiger partial charge in [-0.1, -0.05) is 6.07 Å². The van der Waals surface area contributed by atoms with E-state index in [1.165, 1.54) is 0 Å². The summed E-state index contributed by atoms with van der Waals surface area (Å²) in [5, 5.41) is 0. The number of piperazine rings is 1. The van der Waals surface area contributed by atoms with E-state index in [9.17, 15) is 4.79 Å². The summed E-state index contributed by atoms with van der Waals surface area (Å²) in [6, 6.07) is 11.9. The first kappa shape index (κ1) is 20.1. The molecule has 0 aliphatic carbocycles. The quantitative estimate of drug-likeness (QED) is 0.483. The van der Waals surface area contributed by atoms with Crippen LogP contribution in [0.25, 0.3) is 17.0 Å². The Morgan fingerprint density at radius 1 is 1.09 bits per heavy atom. The van der Waals surface area contributed by atoms with Crippen LogP contribution in [0.3, 0.4) is 0 Å². The van der Waals surface area contributed by atoms with E-state index in [0.717, 1.165) is 41.4 Å². The average Bonchev–Trinajstić information content (AvgIpc) is 3.45. The highest BCUT2D eigenvalue weighted by Gasteiger charge is 2.23. The molecule has 32 heavy (non-hydrogen) atoms. The van der Waals surface area contributed by atoms with Crippen molar-refractivity contribution in [3.8, 4) is 17.1 Å². The zero-order valence-corrected chi connectivity index (χ0v) is 18.2. The SMILES string of the molecule is COc1cc(N2CCN(C(=O)Cc3cnc4ccccn34)CC2)ccc1-c1cnc(C)o1. The molecule has 0 N–H and O–H groups in total. The molecule has 8 nitrogen and oxygen atoms in total. The summed E-state index contributed by atoms with van der Waals surface area (Å²) in [4.78, 5) is 25.6. The molecule has 0 unspecified atom stereocenters. The van der Waals surface area contributed by atoms with Crippen molar-refractivity contribution in [1.29, 1.82) is 0 Å². The number of carbonyl (C=O) groups excluding carboxylic acids is 1. The van der Waals surface area contributed by atoms with Gasteiger partial charge in [-0.25, -0.2) is 9.97 Å². The fourth-order valence-corrected chi connectivity index (χ4v) is 4.16. The van der Waals surface area contributed by atoms with E-state index in [1.54, 1.807) is 19.5 Å². The molecule has 1 aliphatic heterocycles. The van der Waals surface area contributed by atoms with E-state index >= 15 is 0 Å². The first-order valence-corrected chi connectivity index (χ1v) is 10.7. The van der Waals surface area contributed by atoms with Crippen molar-refractivity contribution in [2.75, 3.05) is 38.2 Å². The van der Waals surface area contributed by atoms with Gasteiger partial charge < -0.3 is 23.4 Å². The zero-order chi connectivity index (χ0) is 22.1. The highest BCUT2D eigenvalue weighted by molar-refractivity contribution is 5.79. The number of amides is 1. The molecule has 4 aromatic rings. The monoisotopic (exact) mass is 431 g/mol. The Labute approximate surface area is 186 Å². The van der Waals surface area contributed by atoms with Crippen LogP contribution in [0.4, 0.5) is 5.69 Å². The number of pyridine rings is 1. The van der Waals surface area contributed by atoms with Crippen molar-refractivity contribution in [2.24, 2.45) is 0 Å². The van der Waals surface area contributed by atoms with Crippen LogP contribution >= 0.6 is 0 Å². The number of anilines is 1. The number of aromatic nitrogens is 3. The van der Waals surface area contributed by atoms with Crippen molar-refractivity contribution in [1.82, 2.24) is 19.3 Å². The van der Waals surface area contributed by atoms with Crippen LogP contribution in [0.2, 0.25) is 0 Å².